The van der Waals surface area contributed by atoms with E-state index in [-0.39, 0.29) is 22.8 Å². The number of rotatable bonds is 9. The first-order chi connectivity index (χ1) is 16.9. The molecule has 8 heteroatoms. The van der Waals surface area contributed by atoms with Gasteiger partial charge in [0.1, 0.15) is 5.76 Å². The number of nitrogens with zero attached hydrogens (tertiary/aromatic N) is 2. The molecule has 3 aromatic rings. The average molecular weight is 478 g/mol. The van der Waals surface area contributed by atoms with Crippen LogP contribution in [-0.2, 0) is 9.59 Å². The van der Waals surface area contributed by atoms with Crippen molar-refractivity contribution in [2.24, 2.45) is 0 Å². The molecule has 1 amide bonds. The number of aliphatic hydroxyl groups excluding tert-OH is 1. The normalized spacial score (nSPS) is 17.6. The SMILES string of the molecule is CCOc1cc(C2/C(=C(/O)c3c[nH]c4ccccc34)C(=O)C(=O)N2CCN(CC)CC)ccc1O. The minimum absolute atomic E-state index is 0.0208. The smallest absolute Gasteiger partial charge is 0.295 e. The van der Waals surface area contributed by atoms with E-state index < -0.39 is 17.7 Å². The van der Waals surface area contributed by atoms with Crippen LogP contribution >= 0.6 is 0 Å². The van der Waals surface area contributed by atoms with Gasteiger partial charge in [-0.25, -0.2) is 0 Å². The number of aromatic nitrogens is 1. The van der Waals surface area contributed by atoms with Crippen LogP contribution in [0, 0.1) is 0 Å². The number of amides is 1. The summed E-state index contributed by atoms with van der Waals surface area (Å²) < 4.78 is 5.55. The molecule has 1 fully saturated rings. The van der Waals surface area contributed by atoms with E-state index in [1.54, 1.807) is 25.3 Å². The fraction of sp³-hybridized carbons (Fsp3) is 0.333. The lowest BCUT2D eigenvalue weighted by molar-refractivity contribution is -0.140. The number of para-hydroxylation sites is 1. The molecule has 1 unspecified atom stereocenters. The van der Waals surface area contributed by atoms with Crippen LogP contribution in [0.4, 0.5) is 0 Å². The second-order valence-electron chi connectivity index (χ2n) is 8.43. The molecule has 2 aromatic carbocycles. The number of Topliss-reactive ketones (excluding diaryl/α,β-unsaturated/α-hetero) is 1. The van der Waals surface area contributed by atoms with E-state index in [1.807, 2.05) is 38.1 Å². The fourth-order valence-corrected chi connectivity index (χ4v) is 4.63. The number of H-pyrrole nitrogens is 1. The number of carbonyl (C=O) groups excluding carboxylic acids is 2. The zero-order valence-electron chi connectivity index (χ0n) is 20.2. The van der Waals surface area contributed by atoms with Crippen molar-refractivity contribution in [1.82, 2.24) is 14.8 Å². The zero-order chi connectivity index (χ0) is 25.1. The van der Waals surface area contributed by atoms with E-state index in [1.165, 1.54) is 11.0 Å². The van der Waals surface area contributed by atoms with E-state index >= 15 is 0 Å². The van der Waals surface area contributed by atoms with Gasteiger partial charge in [-0.2, -0.15) is 0 Å². The molecule has 8 nitrogen and oxygen atoms in total. The third-order valence-corrected chi connectivity index (χ3v) is 6.54. The Morgan fingerprint density at radius 3 is 2.57 bits per heavy atom. The maximum Gasteiger partial charge on any atom is 0.295 e. The summed E-state index contributed by atoms with van der Waals surface area (Å²) in [4.78, 5) is 33.3. The molecule has 1 aliphatic heterocycles. The van der Waals surface area contributed by atoms with Gasteiger partial charge in [0.2, 0.25) is 0 Å². The first-order valence-corrected chi connectivity index (χ1v) is 11.9. The van der Waals surface area contributed by atoms with Crippen LogP contribution in [0.1, 0.15) is 37.9 Å². The van der Waals surface area contributed by atoms with Crippen LogP contribution in [0.15, 0.2) is 54.2 Å². The van der Waals surface area contributed by atoms with Crippen LogP contribution in [0.25, 0.3) is 16.7 Å². The lowest BCUT2D eigenvalue weighted by Gasteiger charge is -2.28. The molecule has 4 rings (SSSR count). The van der Waals surface area contributed by atoms with Crippen LogP contribution in [0.5, 0.6) is 11.5 Å². The average Bonchev–Trinajstić information content (AvgIpc) is 3.40. The quantitative estimate of drug-likeness (QED) is 0.244. The number of aromatic amines is 1. The molecule has 35 heavy (non-hydrogen) atoms. The number of benzene rings is 2. The van der Waals surface area contributed by atoms with Gasteiger partial charge in [0, 0.05) is 35.8 Å². The molecule has 0 radical (unpaired) electrons. The number of phenolic OH excluding ortho intramolecular Hbond substituents is 1. The van der Waals surface area contributed by atoms with E-state index in [0.29, 0.717) is 30.8 Å². The van der Waals surface area contributed by atoms with Gasteiger partial charge in [-0.15, -0.1) is 0 Å². The Kier molecular flexibility index (Phi) is 7.12. The van der Waals surface area contributed by atoms with Gasteiger partial charge < -0.3 is 29.7 Å². The van der Waals surface area contributed by atoms with Crippen LogP contribution in [-0.4, -0.2) is 69.5 Å². The van der Waals surface area contributed by atoms with Crippen molar-refractivity contribution in [2.45, 2.75) is 26.8 Å². The molecule has 1 saturated heterocycles. The number of nitrogens with one attached hydrogen (secondary N) is 1. The van der Waals surface area contributed by atoms with Crippen molar-refractivity contribution in [3.8, 4) is 11.5 Å². The van der Waals surface area contributed by atoms with Gasteiger partial charge in [-0.05, 0) is 43.8 Å². The monoisotopic (exact) mass is 477 g/mol. The summed E-state index contributed by atoms with van der Waals surface area (Å²) in [6.45, 7) is 8.75. The largest absolute Gasteiger partial charge is 0.507 e. The van der Waals surface area contributed by atoms with Gasteiger partial charge >= 0.3 is 0 Å². The molecule has 1 aromatic heterocycles. The molecule has 1 aliphatic rings. The van der Waals surface area contributed by atoms with Crippen molar-refractivity contribution in [3.63, 3.8) is 0 Å². The standard InChI is InChI=1S/C27H31N3O5/c1-4-29(5-2)13-14-30-24(17-11-12-21(31)22(15-17)35-6-3)23(26(33)27(30)34)25(32)19-16-28-20-10-8-7-9-18(19)20/h7-12,15-16,24,28,31-32H,4-6,13-14H2,1-3H3/b25-23-. The minimum atomic E-state index is -0.820. The molecule has 0 spiro atoms. The second-order valence-corrected chi connectivity index (χ2v) is 8.43. The van der Waals surface area contributed by atoms with Crippen molar-refractivity contribution in [2.75, 3.05) is 32.8 Å². The van der Waals surface area contributed by atoms with Crippen molar-refractivity contribution >= 4 is 28.4 Å². The molecule has 0 saturated carbocycles. The van der Waals surface area contributed by atoms with E-state index in [2.05, 4.69) is 9.88 Å². The minimum Gasteiger partial charge on any atom is -0.507 e. The Bertz CT molecular complexity index is 1270. The molecular formula is C27H31N3O5. The Morgan fingerprint density at radius 2 is 1.86 bits per heavy atom. The summed E-state index contributed by atoms with van der Waals surface area (Å²) in [6, 6.07) is 11.4. The third-order valence-electron chi connectivity index (χ3n) is 6.54. The summed E-state index contributed by atoms with van der Waals surface area (Å²) in [7, 11) is 0. The van der Waals surface area contributed by atoms with Gasteiger partial charge in [-0.3, -0.25) is 9.59 Å². The Morgan fingerprint density at radius 1 is 1.11 bits per heavy atom. The molecule has 2 heterocycles. The summed E-state index contributed by atoms with van der Waals surface area (Å²) >= 11 is 0. The predicted molar refractivity (Wildman–Crippen MR) is 134 cm³/mol. The van der Waals surface area contributed by atoms with Crippen LogP contribution in [0.2, 0.25) is 0 Å². The van der Waals surface area contributed by atoms with Gasteiger partial charge in [0.15, 0.2) is 11.5 Å². The molecule has 0 bridgehead atoms. The fourth-order valence-electron chi connectivity index (χ4n) is 4.63. The third kappa shape index (κ3) is 4.49. The van der Waals surface area contributed by atoms with E-state index in [0.717, 1.165) is 24.0 Å². The number of ether oxygens (including phenoxy) is 1. The second kappa shape index (κ2) is 10.2. The highest BCUT2D eigenvalue weighted by Crippen LogP contribution is 2.42. The Hall–Kier alpha value is -3.78. The maximum absolute atomic E-state index is 13.3. The molecule has 0 aliphatic carbocycles. The highest BCUT2D eigenvalue weighted by Gasteiger charge is 2.46. The van der Waals surface area contributed by atoms with Gasteiger partial charge in [0.05, 0.1) is 18.2 Å². The summed E-state index contributed by atoms with van der Waals surface area (Å²) in [5.74, 6) is -1.40. The maximum atomic E-state index is 13.3. The van der Waals surface area contributed by atoms with Crippen LogP contribution < -0.4 is 4.74 Å². The lowest BCUT2D eigenvalue weighted by atomic mass is 9.95. The molecular weight excluding hydrogens is 446 g/mol. The topological polar surface area (TPSA) is 106 Å². The summed E-state index contributed by atoms with van der Waals surface area (Å²) in [5, 5.41) is 22.4. The van der Waals surface area contributed by atoms with Crippen molar-refractivity contribution in [3.05, 3.63) is 65.4 Å². The number of aliphatic hydroxyl groups is 1. The van der Waals surface area contributed by atoms with Gasteiger partial charge in [0.25, 0.3) is 11.7 Å². The Balaban J connectivity index is 1.87. The number of likely N-dealkylation sites (tertiary alicyclic amines) is 1. The summed E-state index contributed by atoms with van der Waals surface area (Å²) in [5.41, 5.74) is 1.86. The first-order valence-electron chi connectivity index (χ1n) is 11.9. The number of likely N-dealkylation sites (N-methyl/N-ethyl adjacent to an activating group) is 1. The number of phenols is 1. The van der Waals surface area contributed by atoms with Crippen molar-refractivity contribution in [1.29, 1.82) is 0 Å². The van der Waals surface area contributed by atoms with E-state index in [4.69, 9.17) is 4.74 Å². The molecule has 184 valence electrons. The van der Waals surface area contributed by atoms with E-state index in [9.17, 15) is 19.8 Å². The number of carbonyl (C=O) groups is 2. The number of fused-ring (bicyclic) bond motifs is 1. The highest BCUT2D eigenvalue weighted by molar-refractivity contribution is 6.46. The summed E-state index contributed by atoms with van der Waals surface area (Å²) in [6.07, 6.45) is 1.64. The molecule has 1 atom stereocenters. The predicted octanol–water partition coefficient (Wildman–Crippen LogP) is 4.04. The number of hydrogen-bond donors (Lipinski definition) is 3. The number of hydrogen-bond acceptors (Lipinski definition) is 6. The highest BCUT2D eigenvalue weighted by atomic mass is 16.5. The van der Waals surface area contributed by atoms with Crippen LogP contribution in [0.3, 0.4) is 0 Å². The zero-order valence-corrected chi connectivity index (χ0v) is 20.2. The lowest BCUT2D eigenvalue weighted by Crippen LogP contribution is -2.38. The molecule has 3 N–H and O–H groups in total. The van der Waals surface area contributed by atoms with Crippen molar-refractivity contribution < 1.29 is 24.5 Å². The Labute approximate surface area is 204 Å². The van der Waals surface area contributed by atoms with Gasteiger partial charge in [-0.1, -0.05) is 38.1 Å². The first kappa shape index (κ1) is 24.3. The number of ketones is 1. The number of aromatic hydroxyl groups is 1.